The number of benzene rings is 1. The average molecular weight is 366 g/mol. The number of carbonyl (C=O) groups is 1. The molecular weight excluding hydrogens is 352 g/mol. The second-order valence-corrected chi connectivity index (χ2v) is 5.36. The van der Waals surface area contributed by atoms with Gasteiger partial charge in [-0.1, -0.05) is 41.7 Å². The number of aromatic nitrogens is 2. The molecule has 0 bridgehead atoms. The van der Waals surface area contributed by atoms with Crippen molar-refractivity contribution in [1.82, 2.24) is 9.38 Å². The lowest BCUT2D eigenvalue weighted by Gasteiger charge is -1.99. The van der Waals surface area contributed by atoms with E-state index < -0.39 is 0 Å². The molecule has 0 amide bonds. The van der Waals surface area contributed by atoms with Gasteiger partial charge in [-0.3, -0.25) is 4.40 Å². The molecule has 0 unspecified atom stereocenters. The van der Waals surface area contributed by atoms with Crippen LogP contribution in [0.15, 0.2) is 36.5 Å². The summed E-state index contributed by atoms with van der Waals surface area (Å²) < 4.78 is 7.00. The Morgan fingerprint density at radius 3 is 2.67 bits per heavy atom. The lowest BCUT2D eigenvalue weighted by atomic mass is 10.2. The number of carbonyl (C=O) groups excluding carboxylic acids is 1. The molecule has 0 saturated carbocycles. The molecule has 0 saturated heterocycles. The Kier molecular flexibility index (Phi) is 4.80. The van der Waals surface area contributed by atoms with E-state index in [-0.39, 0.29) is 23.0 Å². The number of fused-ring (bicyclic) bond motifs is 1. The Balaban J connectivity index is 0.00000161. The number of halogens is 1. The van der Waals surface area contributed by atoms with Crippen LogP contribution in [0.25, 0.3) is 16.2 Å². The van der Waals surface area contributed by atoms with E-state index in [0.29, 0.717) is 11.5 Å². The van der Waals surface area contributed by atoms with Crippen LogP contribution in [0.4, 0.5) is 0 Å². The Hall–Kier alpha value is -1.66. The molecule has 110 valence electrons. The van der Waals surface area contributed by atoms with Crippen molar-refractivity contribution in [2.75, 3.05) is 6.61 Å². The molecular formula is C15H14BrN2O2S-. The first kappa shape index (κ1) is 15.7. The molecule has 1 aromatic carbocycles. The van der Waals surface area contributed by atoms with Crippen molar-refractivity contribution in [2.24, 2.45) is 0 Å². The summed E-state index contributed by atoms with van der Waals surface area (Å²) in [6.45, 7) is 4.10. The van der Waals surface area contributed by atoms with Gasteiger partial charge in [-0.2, -0.15) is 0 Å². The van der Waals surface area contributed by atoms with Gasteiger partial charge in [-0.15, -0.1) is 0 Å². The summed E-state index contributed by atoms with van der Waals surface area (Å²) in [5.41, 5.74) is 2.86. The maximum atomic E-state index is 11.8. The quantitative estimate of drug-likeness (QED) is 0.636. The molecule has 2 heterocycles. The molecule has 3 rings (SSSR count). The molecule has 3 aromatic rings. The third-order valence-corrected chi connectivity index (χ3v) is 4.22. The number of thiazole rings is 1. The first-order valence-corrected chi connectivity index (χ1v) is 7.23. The number of rotatable bonds is 3. The molecule has 0 aliphatic carbocycles. The van der Waals surface area contributed by atoms with Crippen LogP contribution in [-0.4, -0.2) is 22.0 Å². The van der Waals surface area contributed by atoms with Crippen LogP contribution in [0.5, 0.6) is 0 Å². The van der Waals surface area contributed by atoms with Gasteiger partial charge in [0.05, 0.1) is 12.3 Å². The highest BCUT2D eigenvalue weighted by atomic mass is 79.9. The first-order chi connectivity index (χ1) is 9.70. The third-order valence-electron chi connectivity index (χ3n) is 3.09. The van der Waals surface area contributed by atoms with Crippen LogP contribution in [0.3, 0.4) is 0 Å². The van der Waals surface area contributed by atoms with E-state index in [4.69, 9.17) is 4.74 Å². The number of nitrogens with zero attached hydrogens (tertiary/aromatic N) is 2. The van der Waals surface area contributed by atoms with Crippen LogP contribution in [0.1, 0.15) is 22.3 Å². The highest BCUT2D eigenvalue weighted by Gasteiger charge is 2.18. The van der Waals surface area contributed by atoms with Crippen LogP contribution < -0.4 is 17.0 Å². The van der Waals surface area contributed by atoms with Crippen LogP contribution in [0, 0.1) is 6.92 Å². The lowest BCUT2D eigenvalue weighted by Crippen LogP contribution is -3.00. The van der Waals surface area contributed by atoms with Gasteiger partial charge in [0.1, 0.15) is 4.88 Å². The van der Waals surface area contributed by atoms with Crippen LogP contribution in [-0.2, 0) is 4.74 Å². The number of aryl methyl sites for hydroxylation is 1. The van der Waals surface area contributed by atoms with Crippen molar-refractivity contribution in [1.29, 1.82) is 0 Å². The zero-order valence-corrected chi connectivity index (χ0v) is 14.1. The second-order valence-electron chi connectivity index (χ2n) is 4.38. The summed E-state index contributed by atoms with van der Waals surface area (Å²) in [4.78, 5) is 17.8. The molecule has 6 heteroatoms. The maximum absolute atomic E-state index is 11.8. The number of hydrogen-bond acceptors (Lipinski definition) is 4. The van der Waals surface area contributed by atoms with Gasteiger partial charge in [-0.05, 0) is 13.8 Å². The Morgan fingerprint density at radius 2 is 2.05 bits per heavy atom. The molecule has 0 aliphatic heterocycles. The van der Waals surface area contributed by atoms with Gasteiger partial charge in [0.25, 0.3) is 0 Å². The molecule has 0 aliphatic rings. The summed E-state index contributed by atoms with van der Waals surface area (Å²) in [5, 5.41) is 0. The molecule has 2 aromatic heterocycles. The summed E-state index contributed by atoms with van der Waals surface area (Å²) in [6.07, 6.45) is 1.96. The normalized spacial score (nSPS) is 10.4. The average Bonchev–Trinajstić information content (AvgIpc) is 3.00. The zero-order valence-electron chi connectivity index (χ0n) is 11.7. The minimum atomic E-state index is -0.276. The SMILES string of the molecule is CCOC(=O)c1sc2nc(-c3ccccc3)cn2c1C.[Br-]. The van der Waals surface area contributed by atoms with E-state index in [1.54, 1.807) is 6.92 Å². The van der Waals surface area contributed by atoms with E-state index in [1.807, 2.05) is 47.9 Å². The molecule has 4 nitrogen and oxygen atoms in total. The van der Waals surface area contributed by atoms with Crippen molar-refractivity contribution in [3.8, 4) is 11.3 Å². The summed E-state index contributed by atoms with van der Waals surface area (Å²) in [7, 11) is 0. The number of esters is 1. The van der Waals surface area contributed by atoms with Crippen molar-refractivity contribution < 1.29 is 26.5 Å². The van der Waals surface area contributed by atoms with E-state index in [0.717, 1.165) is 21.9 Å². The molecule has 0 radical (unpaired) electrons. The second kappa shape index (κ2) is 6.41. The number of hydrogen-bond donors (Lipinski definition) is 0. The third kappa shape index (κ3) is 2.87. The Morgan fingerprint density at radius 1 is 1.33 bits per heavy atom. The minimum absolute atomic E-state index is 0. The predicted octanol–water partition coefficient (Wildman–Crippen LogP) is 0.552. The van der Waals surface area contributed by atoms with Crippen molar-refractivity contribution in [2.45, 2.75) is 13.8 Å². The first-order valence-electron chi connectivity index (χ1n) is 6.41. The summed E-state index contributed by atoms with van der Waals surface area (Å²) >= 11 is 1.36. The molecule has 0 N–H and O–H groups in total. The van der Waals surface area contributed by atoms with Gasteiger partial charge in [0.15, 0.2) is 4.96 Å². The number of ether oxygens (including phenoxy) is 1. The fraction of sp³-hybridized carbons (Fsp3) is 0.200. The molecule has 0 spiro atoms. The maximum Gasteiger partial charge on any atom is 0.350 e. The van der Waals surface area contributed by atoms with Crippen molar-refractivity contribution in [3.63, 3.8) is 0 Å². The van der Waals surface area contributed by atoms with Crippen LogP contribution in [0.2, 0.25) is 0 Å². The van der Waals surface area contributed by atoms with E-state index in [9.17, 15) is 4.79 Å². The van der Waals surface area contributed by atoms with E-state index >= 15 is 0 Å². The standard InChI is InChI=1S/C15H14N2O2S.BrH/c1-3-19-14(18)13-10(2)17-9-12(16-15(17)20-13)11-7-5-4-6-8-11;/h4-9H,3H2,1-2H3;1H/p-1. The fourth-order valence-electron chi connectivity index (χ4n) is 2.08. The lowest BCUT2D eigenvalue weighted by molar-refractivity contribution is -0.0000224. The monoisotopic (exact) mass is 365 g/mol. The topological polar surface area (TPSA) is 43.6 Å². The van der Waals surface area contributed by atoms with Crippen LogP contribution >= 0.6 is 11.3 Å². The summed E-state index contributed by atoms with van der Waals surface area (Å²) in [6, 6.07) is 9.99. The van der Waals surface area contributed by atoms with Gasteiger partial charge in [0.2, 0.25) is 0 Å². The smallest absolute Gasteiger partial charge is 0.350 e. The summed E-state index contributed by atoms with van der Waals surface area (Å²) in [5.74, 6) is -0.276. The predicted molar refractivity (Wildman–Crippen MR) is 79.2 cm³/mol. The molecule has 0 fully saturated rings. The fourth-order valence-corrected chi connectivity index (χ4v) is 3.09. The highest BCUT2D eigenvalue weighted by Crippen LogP contribution is 2.27. The van der Waals surface area contributed by atoms with E-state index in [2.05, 4.69) is 4.98 Å². The van der Waals surface area contributed by atoms with Crippen molar-refractivity contribution in [3.05, 3.63) is 47.1 Å². The molecule has 21 heavy (non-hydrogen) atoms. The molecule has 0 atom stereocenters. The van der Waals surface area contributed by atoms with Gasteiger partial charge in [0, 0.05) is 17.5 Å². The van der Waals surface area contributed by atoms with Crippen molar-refractivity contribution >= 4 is 22.3 Å². The highest BCUT2D eigenvalue weighted by molar-refractivity contribution is 7.19. The Bertz CT molecular complexity index is 765. The number of imidazole rings is 1. The largest absolute Gasteiger partial charge is 1.00 e. The minimum Gasteiger partial charge on any atom is -1.00 e. The Labute approximate surface area is 137 Å². The van der Waals surface area contributed by atoms with Gasteiger partial charge < -0.3 is 21.7 Å². The van der Waals surface area contributed by atoms with Gasteiger partial charge >= 0.3 is 5.97 Å². The van der Waals surface area contributed by atoms with Gasteiger partial charge in [-0.25, -0.2) is 9.78 Å². The van der Waals surface area contributed by atoms with E-state index in [1.165, 1.54) is 11.3 Å². The zero-order chi connectivity index (χ0) is 14.1.